The minimum absolute atomic E-state index is 0.0310. The highest BCUT2D eigenvalue weighted by atomic mass is 16.5. The number of hydrogen-bond acceptors (Lipinski definition) is 4. The first-order valence-corrected chi connectivity index (χ1v) is 3.47. The molecule has 12 heavy (non-hydrogen) atoms. The van der Waals surface area contributed by atoms with Gasteiger partial charge in [-0.1, -0.05) is 5.16 Å². The summed E-state index contributed by atoms with van der Waals surface area (Å²) < 4.78 is 4.65. The van der Waals surface area contributed by atoms with Crippen LogP contribution in [0.2, 0.25) is 0 Å². The molecule has 0 saturated carbocycles. The van der Waals surface area contributed by atoms with Crippen molar-refractivity contribution in [3.63, 3.8) is 0 Å². The highest BCUT2D eigenvalue weighted by molar-refractivity contribution is 5.89. The fourth-order valence-corrected chi connectivity index (χ4v) is 0.695. The van der Waals surface area contributed by atoms with Gasteiger partial charge in [0.25, 0.3) is 5.91 Å². The Morgan fingerprint density at radius 2 is 2.25 bits per heavy atom. The van der Waals surface area contributed by atoms with E-state index in [4.69, 9.17) is 11.5 Å². The van der Waals surface area contributed by atoms with E-state index in [-0.39, 0.29) is 5.76 Å². The van der Waals surface area contributed by atoms with E-state index >= 15 is 0 Å². The fourth-order valence-electron chi connectivity index (χ4n) is 0.695. The Bertz CT molecular complexity index is 298. The lowest BCUT2D eigenvalue weighted by atomic mass is 10.0. The number of amides is 1. The summed E-state index contributed by atoms with van der Waals surface area (Å²) >= 11 is 0. The molecule has 1 rings (SSSR count). The van der Waals surface area contributed by atoms with Gasteiger partial charge in [-0.05, 0) is 13.8 Å². The maximum atomic E-state index is 10.6. The lowest BCUT2D eigenvalue weighted by Gasteiger charge is -2.12. The Hall–Kier alpha value is -1.36. The average molecular weight is 169 g/mol. The summed E-state index contributed by atoms with van der Waals surface area (Å²) in [6.45, 7) is 3.52. The van der Waals surface area contributed by atoms with Crippen molar-refractivity contribution in [3.05, 3.63) is 17.5 Å². The molecule has 0 aliphatic carbocycles. The summed E-state index contributed by atoms with van der Waals surface area (Å²) in [7, 11) is 0. The Balaban J connectivity index is 3.00. The van der Waals surface area contributed by atoms with Crippen LogP contribution in [0.5, 0.6) is 0 Å². The van der Waals surface area contributed by atoms with Gasteiger partial charge in [0.1, 0.15) is 5.69 Å². The summed E-state index contributed by atoms with van der Waals surface area (Å²) in [5.74, 6) is -0.610. The molecule has 1 amide bonds. The molecule has 1 heterocycles. The Labute approximate surface area is 69.7 Å². The van der Waals surface area contributed by atoms with Crippen LogP contribution in [-0.4, -0.2) is 11.1 Å². The molecule has 1 aromatic heterocycles. The van der Waals surface area contributed by atoms with E-state index in [9.17, 15) is 4.79 Å². The molecule has 5 nitrogen and oxygen atoms in total. The number of nitrogens with two attached hydrogens (primary N) is 2. The molecule has 0 bridgehead atoms. The standard InChI is InChI=1S/C7H11N3O2/c1-7(2,9)5-3-4(6(8)11)12-10-5/h3H,9H2,1-2H3,(H2,8,11). The third kappa shape index (κ3) is 1.62. The molecule has 0 aliphatic heterocycles. The van der Waals surface area contributed by atoms with E-state index in [1.54, 1.807) is 13.8 Å². The van der Waals surface area contributed by atoms with Gasteiger partial charge >= 0.3 is 0 Å². The number of rotatable bonds is 2. The van der Waals surface area contributed by atoms with Crippen LogP contribution in [0.4, 0.5) is 0 Å². The van der Waals surface area contributed by atoms with E-state index in [2.05, 4.69) is 9.68 Å². The van der Waals surface area contributed by atoms with Gasteiger partial charge in [-0.3, -0.25) is 4.79 Å². The van der Waals surface area contributed by atoms with Crippen LogP contribution in [-0.2, 0) is 5.54 Å². The van der Waals surface area contributed by atoms with Gasteiger partial charge in [0.05, 0.1) is 5.54 Å². The number of carbonyl (C=O) groups excluding carboxylic acids is 1. The predicted molar refractivity (Wildman–Crippen MR) is 42.2 cm³/mol. The first-order valence-electron chi connectivity index (χ1n) is 3.47. The quantitative estimate of drug-likeness (QED) is 0.649. The number of carbonyl (C=O) groups is 1. The number of nitrogens with zero attached hydrogens (tertiary/aromatic N) is 1. The van der Waals surface area contributed by atoms with Crippen molar-refractivity contribution >= 4 is 5.91 Å². The molecule has 5 heteroatoms. The third-order valence-electron chi connectivity index (χ3n) is 1.41. The Morgan fingerprint density at radius 3 is 2.50 bits per heavy atom. The van der Waals surface area contributed by atoms with Crippen LogP contribution in [0.15, 0.2) is 10.6 Å². The van der Waals surface area contributed by atoms with Gasteiger partial charge in [0, 0.05) is 6.07 Å². The Morgan fingerprint density at radius 1 is 1.67 bits per heavy atom. The van der Waals surface area contributed by atoms with Crippen molar-refractivity contribution in [2.24, 2.45) is 11.5 Å². The van der Waals surface area contributed by atoms with E-state index in [0.29, 0.717) is 5.69 Å². The molecule has 0 atom stereocenters. The monoisotopic (exact) mass is 169 g/mol. The zero-order valence-electron chi connectivity index (χ0n) is 7.00. The molecule has 0 saturated heterocycles. The molecule has 0 spiro atoms. The first-order chi connectivity index (χ1) is 5.41. The molecule has 0 fully saturated rings. The smallest absolute Gasteiger partial charge is 0.287 e. The summed E-state index contributed by atoms with van der Waals surface area (Å²) in [6, 6.07) is 1.45. The second-order valence-electron chi connectivity index (χ2n) is 3.16. The van der Waals surface area contributed by atoms with Crippen LogP contribution in [0.3, 0.4) is 0 Å². The van der Waals surface area contributed by atoms with Gasteiger partial charge < -0.3 is 16.0 Å². The Kier molecular flexibility index (Phi) is 1.89. The first kappa shape index (κ1) is 8.73. The number of aromatic nitrogens is 1. The lowest BCUT2D eigenvalue weighted by Crippen LogP contribution is -2.28. The topological polar surface area (TPSA) is 95.1 Å². The minimum atomic E-state index is -0.641. The van der Waals surface area contributed by atoms with Crippen molar-refractivity contribution in [1.82, 2.24) is 5.16 Å². The van der Waals surface area contributed by atoms with Gasteiger partial charge in [-0.2, -0.15) is 0 Å². The van der Waals surface area contributed by atoms with Crippen LogP contribution < -0.4 is 11.5 Å². The van der Waals surface area contributed by atoms with Gasteiger partial charge in [0.2, 0.25) is 5.76 Å². The molecule has 0 aromatic carbocycles. The van der Waals surface area contributed by atoms with Crippen LogP contribution in [0.1, 0.15) is 30.1 Å². The molecule has 0 unspecified atom stereocenters. The zero-order chi connectivity index (χ0) is 9.35. The van der Waals surface area contributed by atoms with Crippen LogP contribution in [0.25, 0.3) is 0 Å². The van der Waals surface area contributed by atoms with Gasteiger partial charge in [-0.25, -0.2) is 0 Å². The van der Waals surface area contributed by atoms with Gasteiger partial charge in [0.15, 0.2) is 0 Å². The van der Waals surface area contributed by atoms with Crippen molar-refractivity contribution < 1.29 is 9.32 Å². The summed E-state index contributed by atoms with van der Waals surface area (Å²) in [4.78, 5) is 10.6. The van der Waals surface area contributed by atoms with E-state index in [0.717, 1.165) is 0 Å². The second kappa shape index (κ2) is 2.60. The zero-order valence-corrected chi connectivity index (χ0v) is 7.00. The molecule has 4 N–H and O–H groups in total. The third-order valence-corrected chi connectivity index (χ3v) is 1.41. The van der Waals surface area contributed by atoms with E-state index < -0.39 is 11.4 Å². The lowest BCUT2D eigenvalue weighted by molar-refractivity contribution is 0.0964. The predicted octanol–water partition coefficient (Wildman–Crippen LogP) is -0.0327. The molecular formula is C7H11N3O2. The molecule has 0 aliphatic rings. The van der Waals surface area contributed by atoms with E-state index in [1.807, 2.05) is 0 Å². The SMILES string of the molecule is CC(C)(N)c1cc(C(N)=O)on1. The van der Waals surface area contributed by atoms with Crippen LogP contribution in [0, 0.1) is 0 Å². The van der Waals surface area contributed by atoms with E-state index in [1.165, 1.54) is 6.07 Å². The minimum Gasteiger partial charge on any atom is -0.363 e. The summed E-state index contributed by atoms with van der Waals surface area (Å²) in [5, 5.41) is 3.61. The summed E-state index contributed by atoms with van der Waals surface area (Å²) in [6.07, 6.45) is 0. The maximum Gasteiger partial charge on any atom is 0.287 e. The van der Waals surface area contributed by atoms with Crippen LogP contribution >= 0.6 is 0 Å². The second-order valence-corrected chi connectivity index (χ2v) is 3.16. The van der Waals surface area contributed by atoms with Crippen molar-refractivity contribution in [1.29, 1.82) is 0 Å². The number of primary amides is 1. The fraction of sp³-hybridized carbons (Fsp3) is 0.429. The molecule has 0 radical (unpaired) electrons. The highest BCUT2D eigenvalue weighted by Gasteiger charge is 2.20. The molecule has 1 aromatic rings. The van der Waals surface area contributed by atoms with Crippen molar-refractivity contribution in [3.8, 4) is 0 Å². The normalized spacial score (nSPS) is 11.6. The average Bonchev–Trinajstić information content (AvgIpc) is 2.30. The van der Waals surface area contributed by atoms with Crippen molar-refractivity contribution in [2.75, 3.05) is 0 Å². The highest BCUT2D eigenvalue weighted by Crippen LogP contribution is 2.15. The molecule has 66 valence electrons. The maximum absolute atomic E-state index is 10.6. The number of hydrogen-bond donors (Lipinski definition) is 2. The van der Waals surface area contributed by atoms with Crippen molar-refractivity contribution in [2.45, 2.75) is 19.4 Å². The van der Waals surface area contributed by atoms with Gasteiger partial charge in [-0.15, -0.1) is 0 Å². The summed E-state index contributed by atoms with van der Waals surface area (Å²) in [5.41, 5.74) is 10.5. The molecular weight excluding hydrogens is 158 g/mol. The largest absolute Gasteiger partial charge is 0.363 e.